The van der Waals surface area contributed by atoms with Gasteiger partial charge in [-0.15, -0.1) is 0 Å². The summed E-state index contributed by atoms with van der Waals surface area (Å²) >= 11 is 0. The van der Waals surface area contributed by atoms with Crippen LogP contribution in [0, 0.1) is 0 Å². The van der Waals surface area contributed by atoms with Crippen LogP contribution in [0.4, 0.5) is 5.69 Å². The fourth-order valence-electron chi connectivity index (χ4n) is 3.88. The van der Waals surface area contributed by atoms with Crippen molar-refractivity contribution < 1.29 is 14.3 Å². The average molecular weight is 335 g/mol. The van der Waals surface area contributed by atoms with Crippen molar-refractivity contribution in [3.63, 3.8) is 0 Å². The van der Waals surface area contributed by atoms with Crippen LogP contribution in [0.2, 0.25) is 0 Å². The lowest BCUT2D eigenvalue weighted by molar-refractivity contribution is -0.116. The Bertz CT molecular complexity index is 855. The minimum absolute atomic E-state index is 0.0694. The quantitative estimate of drug-likeness (QED) is 0.910. The molecule has 1 aliphatic carbocycles. The SMILES string of the molecule is COc1cc2c(cc1OC)[C@@H](c1ccccc1)C1=C(CCCC1=O)N2. The van der Waals surface area contributed by atoms with E-state index in [9.17, 15) is 4.79 Å². The second-order valence-corrected chi connectivity index (χ2v) is 6.43. The van der Waals surface area contributed by atoms with Gasteiger partial charge >= 0.3 is 0 Å². The van der Waals surface area contributed by atoms with E-state index in [4.69, 9.17) is 9.47 Å². The molecule has 2 aromatic carbocycles. The summed E-state index contributed by atoms with van der Waals surface area (Å²) in [4.78, 5) is 12.7. The van der Waals surface area contributed by atoms with Crippen molar-refractivity contribution in [2.45, 2.75) is 25.2 Å². The fourth-order valence-corrected chi connectivity index (χ4v) is 3.88. The van der Waals surface area contributed by atoms with Gasteiger partial charge in [0.1, 0.15) is 0 Å². The highest BCUT2D eigenvalue weighted by Gasteiger charge is 2.35. The summed E-state index contributed by atoms with van der Waals surface area (Å²) in [6.45, 7) is 0. The van der Waals surface area contributed by atoms with Gasteiger partial charge in [0, 0.05) is 35.4 Å². The van der Waals surface area contributed by atoms with Crippen LogP contribution in [0.5, 0.6) is 11.5 Å². The van der Waals surface area contributed by atoms with E-state index in [0.29, 0.717) is 17.9 Å². The minimum atomic E-state index is -0.0694. The van der Waals surface area contributed by atoms with Gasteiger partial charge in [-0.2, -0.15) is 0 Å². The number of rotatable bonds is 3. The van der Waals surface area contributed by atoms with Crippen molar-refractivity contribution in [1.82, 2.24) is 0 Å². The van der Waals surface area contributed by atoms with Gasteiger partial charge in [-0.3, -0.25) is 4.79 Å². The van der Waals surface area contributed by atoms with Gasteiger partial charge in [-0.25, -0.2) is 0 Å². The summed E-state index contributed by atoms with van der Waals surface area (Å²) in [7, 11) is 3.27. The molecule has 0 saturated heterocycles. The first-order chi connectivity index (χ1) is 12.2. The lowest BCUT2D eigenvalue weighted by Gasteiger charge is -2.34. The van der Waals surface area contributed by atoms with Crippen LogP contribution in [0.15, 0.2) is 53.7 Å². The summed E-state index contributed by atoms with van der Waals surface area (Å²) in [6, 6.07) is 14.2. The molecule has 0 unspecified atom stereocenters. The lowest BCUT2D eigenvalue weighted by Crippen LogP contribution is -2.27. The third-order valence-corrected chi connectivity index (χ3v) is 5.03. The Morgan fingerprint density at radius 1 is 1.00 bits per heavy atom. The molecule has 1 heterocycles. The van der Waals surface area contributed by atoms with Gasteiger partial charge < -0.3 is 14.8 Å². The van der Waals surface area contributed by atoms with Crippen molar-refractivity contribution in [2.24, 2.45) is 0 Å². The van der Waals surface area contributed by atoms with E-state index in [1.165, 1.54) is 0 Å². The molecule has 0 aromatic heterocycles. The summed E-state index contributed by atoms with van der Waals surface area (Å²) < 4.78 is 10.9. The number of allylic oxidation sites excluding steroid dienone is 2. The molecule has 2 aliphatic rings. The molecule has 0 bridgehead atoms. The maximum Gasteiger partial charge on any atom is 0.162 e. The molecule has 1 aliphatic heterocycles. The highest BCUT2D eigenvalue weighted by molar-refractivity contribution is 6.01. The summed E-state index contributed by atoms with van der Waals surface area (Å²) in [5.41, 5.74) is 5.11. The number of hydrogen-bond donors (Lipinski definition) is 1. The van der Waals surface area contributed by atoms with Crippen LogP contribution in [-0.4, -0.2) is 20.0 Å². The fraction of sp³-hybridized carbons (Fsp3) is 0.286. The van der Waals surface area contributed by atoms with Gasteiger partial charge in [-0.05, 0) is 30.0 Å². The topological polar surface area (TPSA) is 47.6 Å². The Balaban J connectivity index is 1.95. The molecule has 25 heavy (non-hydrogen) atoms. The maximum absolute atomic E-state index is 12.7. The molecule has 1 atom stereocenters. The molecule has 0 amide bonds. The van der Waals surface area contributed by atoms with Crippen LogP contribution in [-0.2, 0) is 4.79 Å². The number of Topliss-reactive ketones (excluding diaryl/α,β-unsaturated/α-hetero) is 1. The molecular formula is C21H21NO3. The normalized spacial score (nSPS) is 19.0. The molecule has 0 fully saturated rings. The van der Waals surface area contributed by atoms with Crippen LogP contribution >= 0.6 is 0 Å². The van der Waals surface area contributed by atoms with Gasteiger partial charge in [0.25, 0.3) is 0 Å². The van der Waals surface area contributed by atoms with Crippen LogP contribution in [0.25, 0.3) is 0 Å². The van der Waals surface area contributed by atoms with E-state index in [-0.39, 0.29) is 11.7 Å². The minimum Gasteiger partial charge on any atom is -0.493 e. The first-order valence-electron chi connectivity index (χ1n) is 8.57. The van der Waals surface area contributed by atoms with Crippen molar-refractivity contribution in [2.75, 3.05) is 19.5 Å². The van der Waals surface area contributed by atoms with Gasteiger partial charge in [-0.1, -0.05) is 30.3 Å². The second kappa shape index (κ2) is 6.28. The van der Waals surface area contributed by atoms with E-state index < -0.39 is 0 Å². The van der Waals surface area contributed by atoms with Gasteiger partial charge in [0.05, 0.1) is 14.2 Å². The highest BCUT2D eigenvalue weighted by Crippen LogP contribution is 2.48. The number of nitrogens with one attached hydrogen (secondary N) is 1. The molecule has 0 spiro atoms. The number of fused-ring (bicyclic) bond motifs is 1. The smallest absolute Gasteiger partial charge is 0.162 e. The van der Waals surface area contributed by atoms with Gasteiger partial charge in [0.2, 0.25) is 0 Å². The number of hydrogen-bond acceptors (Lipinski definition) is 4. The summed E-state index contributed by atoms with van der Waals surface area (Å²) in [6.07, 6.45) is 2.42. The van der Waals surface area contributed by atoms with Crippen LogP contribution in [0.1, 0.15) is 36.3 Å². The monoisotopic (exact) mass is 335 g/mol. The lowest BCUT2D eigenvalue weighted by atomic mass is 9.75. The van der Waals surface area contributed by atoms with Crippen molar-refractivity contribution in [1.29, 1.82) is 0 Å². The zero-order valence-electron chi connectivity index (χ0n) is 14.5. The Kier molecular flexibility index (Phi) is 3.96. The zero-order chi connectivity index (χ0) is 17.4. The van der Waals surface area contributed by atoms with Crippen molar-refractivity contribution in [3.8, 4) is 11.5 Å². The Morgan fingerprint density at radius 3 is 2.44 bits per heavy atom. The first kappa shape index (κ1) is 15.8. The van der Waals surface area contributed by atoms with E-state index in [2.05, 4.69) is 17.4 Å². The van der Waals surface area contributed by atoms with Crippen molar-refractivity contribution >= 4 is 11.5 Å². The number of ketones is 1. The molecule has 4 nitrogen and oxygen atoms in total. The number of carbonyl (C=O) groups is 1. The number of anilines is 1. The second-order valence-electron chi connectivity index (χ2n) is 6.43. The molecule has 1 N–H and O–H groups in total. The third-order valence-electron chi connectivity index (χ3n) is 5.03. The van der Waals surface area contributed by atoms with Crippen molar-refractivity contribution in [3.05, 3.63) is 64.9 Å². The number of benzene rings is 2. The number of ether oxygens (including phenoxy) is 2. The Morgan fingerprint density at radius 2 is 1.72 bits per heavy atom. The van der Waals surface area contributed by atoms with Crippen LogP contribution < -0.4 is 14.8 Å². The number of methoxy groups -OCH3 is 2. The van der Waals surface area contributed by atoms with E-state index in [0.717, 1.165) is 40.9 Å². The molecule has 0 radical (unpaired) electrons. The highest BCUT2D eigenvalue weighted by atomic mass is 16.5. The molecule has 0 saturated carbocycles. The largest absolute Gasteiger partial charge is 0.493 e. The third kappa shape index (κ3) is 2.58. The van der Waals surface area contributed by atoms with E-state index in [1.807, 2.05) is 30.3 Å². The molecule has 2 aromatic rings. The molecule has 4 heteroatoms. The molecular weight excluding hydrogens is 314 g/mol. The molecule has 4 rings (SSSR count). The number of carbonyl (C=O) groups excluding carboxylic acids is 1. The zero-order valence-corrected chi connectivity index (χ0v) is 14.5. The predicted octanol–water partition coefficient (Wildman–Crippen LogP) is 4.27. The predicted molar refractivity (Wildman–Crippen MR) is 97.3 cm³/mol. The van der Waals surface area contributed by atoms with E-state index in [1.54, 1.807) is 14.2 Å². The first-order valence-corrected chi connectivity index (χ1v) is 8.57. The maximum atomic E-state index is 12.7. The Labute approximate surface area is 147 Å². The summed E-state index contributed by atoms with van der Waals surface area (Å²) in [5.74, 6) is 1.53. The standard InChI is InChI=1S/C21H21NO3/c1-24-18-11-14-16(12-19(18)25-2)22-15-9-6-10-17(23)21(15)20(14)13-7-4-3-5-8-13/h3-5,7-8,11-12,20,22H,6,9-10H2,1-2H3/t20-/m1/s1. The van der Waals surface area contributed by atoms with Gasteiger partial charge in [0.15, 0.2) is 17.3 Å². The molecule has 128 valence electrons. The average Bonchev–Trinajstić information content (AvgIpc) is 2.66. The van der Waals surface area contributed by atoms with Crippen LogP contribution in [0.3, 0.4) is 0 Å². The summed E-state index contributed by atoms with van der Waals surface area (Å²) in [5, 5.41) is 3.48. The Hall–Kier alpha value is -2.75. The van der Waals surface area contributed by atoms with E-state index >= 15 is 0 Å².